The Balaban J connectivity index is 1.80. The van der Waals surface area contributed by atoms with E-state index in [0.717, 1.165) is 16.4 Å². The summed E-state index contributed by atoms with van der Waals surface area (Å²) in [5.41, 5.74) is 1.04. The molecule has 2 aromatic heterocycles. The summed E-state index contributed by atoms with van der Waals surface area (Å²) in [4.78, 5) is 12.8. The molecule has 0 aliphatic heterocycles. The lowest BCUT2D eigenvalue weighted by atomic mass is 10.2. The molecule has 0 bridgehead atoms. The standard InChI is InChI=1S/C13H12N6S/c1-14-10-7-8-15-12(16-10)18-13-17-11(20-19-13)9-5-3-2-4-6-9/h2-8H,1H3,(H2,14,15,16,18,19). The molecule has 2 heterocycles. The number of hydrogen-bond acceptors (Lipinski definition) is 7. The summed E-state index contributed by atoms with van der Waals surface area (Å²) < 4.78 is 4.26. The van der Waals surface area contributed by atoms with E-state index in [1.807, 2.05) is 30.3 Å². The molecule has 2 N–H and O–H groups in total. The van der Waals surface area contributed by atoms with Crippen LogP contribution in [0.5, 0.6) is 0 Å². The van der Waals surface area contributed by atoms with Gasteiger partial charge < -0.3 is 5.32 Å². The van der Waals surface area contributed by atoms with Gasteiger partial charge in [-0.15, -0.1) is 0 Å². The summed E-state index contributed by atoms with van der Waals surface area (Å²) in [5, 5.41) is 6.81. The third kappa shape index (κ3) is 2.72. The van der Waals surface area contributed by atoms with Crippen LogP contribution in [-0.4, -0.2) is 26.4 Å². The van der Waals surface area contributed by atoms with E-state index in [0.29, 0.717) is 11.9 Å². The van der Waals surface area contributed by atoms with E-state index in [9.17, 15) is 0 Å². The predicted molar refractivity (Wildman–Crippen MR) is 80.2 cm³/mol. The summed E-state index contributed by atoms with van der Waals surface area (Å²) in [6.45, 7) is 0. The molecule has 1 aromatic carbocycles. The Morgan fingerprint density at radius 1 is 1.00 bits per heavy atom. The molecule has 7 heteroatoms. The predicted octanol–water partition coefficient (Wildman–Crippen LogP) is 2.78. The molecule has 0 aliphatic rings. The normalized spacial score (nSPS) is 10.2. The van der Waals surface area contributed by atoms with Crippen molar-refractivity contribution >= 4 is 29.2 Å². The van der Waals surface area contributed by atoms with Gasteiger partial charge in [-0.3, -0.25) is 5.32 Å². The highest BCUT2D eigenvalue weighted by atomic mass is 32.1. The van der Waals surface area contributed by atoms with Crippen molar-refractivity contribution in [3.05, 3.63) is 42.6 Å². The van der Waals surface area contributed by atoms with Gasteiger partial charge in [-0.1, -0.05) is 30.3 Å². The molecule has 0 saturated heterocycles. The topological polar surface area (TPSA) is 75.6 Å². The van der Waals surface area contributed by atoms with Crippen molar-refractivity contribution in [1.29, 1.82) is 0 Å². The van der Waals surface area contributed by atoms with E-state index in [1.54, 1.807) is 19.3 Å². The van der Waals surface area contributed by atoms with Gasteiger partial charge in [-0.05, 0) is 17.6 Å². The first kappa shape index (κ1) is 12.5. The van der Waals surface area contributed by atoms with E-state index >= 15 is 0 Å². The Kier molecular flexibility index (Phi) is 3.51. The fraction of sp³-hybridized carbons (Fsp3) is 0.0769. The second-order valence-electron chi connectivity index (χ2n) is 3.93. The molecule has 0 atom stereocenters. The quantitative estimate of drug-likeness (QED) is 0.767. The van der Waals surface area contributed by atoms with Gasteiger partial charge in [0.15, 0.2) is 0 Å². The van der Waals surface area contributed by atoms with Crippen LogP contribution in [-0.2, 0) is 0 Å². The lowest BCUT2D eigenvalue weighted by molar-refractivity contribution is 1.14. The lowest BCUT2D eigenvalue weighted by Crippen LogP contribution is -2.00. The van der Waals surface area contributed by atoms with Gasteiger partial charge in [0.2, 0.25) is 11.9 Å². The zero-order valence-electron chi connectivity index (χ0n) is 10.7. The third-order valence-electron chi connectivity index (χ3n) is 2.58. The molecule has 0 radical (unpaired) electrons. The van der Waals surface area contributed by atoms with Gasteiger partial charge in [-0.2, -0.15) is 14.3 Å². The first-order valence-corrected chi connectivity index (χ1v) is 6.79. The van der Waals surface area contributed by atoms with Crippen molar-refractivity contribution in [2.75, 3.05) is 17.7 Å². The van der Waals surface area contributed by atoms with Crippen molar-refractivity contribution in [3.63, 3.8) is 0 Å². The van der Waals surface area contributed by atoms with Crippen LogP contribution in [0, 0.1) is 0 Å². The zero-order chi connectivity index (χ0) is 13.8. The summed E-state index contributed by atoms with van der Waals surface area (Å²) in [5.74, 6) is 1.71. The molecule has 100 valence electrons. The molecule has 0 aliphatic carbocycles. The van der Waals surface area contributed by atoms with Crippen molar-refractivity contribution in [3.8, 4) is 10.6 Å². The Hall–Kier alpha value is -2.54. The molecule has 0 amide bonds. The average molecular weight is 284 g/mol. The summed E-state index contributed by atoms with van der Waals surface area (Å²) in [7, 11) is 1.81. The number of benzene rings is 1. The van der Waals surface area contributed by atoms with E-state index in [4.69, 9.17) is 0 Å². The minimum absolute atomic E-state index is 0.467. The van der Waals surface area contributed by atoms with Crippen LogP contribution < -0.4 is 10.6 Å². The van der Waals surface area contributed by atoms with Crippen LogP contribution >= 0.6 is 11.5 Å². The minimum Gasteiger partial charge on any atom is -0.373 e. The SMILES string of the molecule is CNc1ccnc(Nc2nsc(-c3ccccc3)n2)n1. The molecule has 3 rings (SSSR count). The van der Waals surface area contributed by atoms with E-state index in [-0.39, 0.29) is 0 Å². The minimum atomic E-state index is 0.467. The van der Waals surface area contributed by atoms with Gasteiger partial charge >= 0.3 is 0 Å². The fourth-order valence-electron chi connectivity index (χ4n) is 1.63. The first-order valence-electron chi connectivity index (χ1n) is 6.02. The van der Waals surface area contributed by atoms with Gasteiger partial charge in [0.1, 0.15) is 10.8 Å². The molecule has 6 nitrogen and oxygen atoms in total. The Bertz CT molecular complexity index is 697. The number of aromatic nitrogens is 4. The second-order valence-corrected chi connectivity index (χ2v) is 4.68. The molecule has 0 unspecified atom stereocenters. The number of nitrogens with one attached hydrogen (secondary N) is 2. The lowest BCUT2D eigenvalue weighted by Gasteiger charge is -2.02. The summed E-state index contributed by atoms with van der Waals surface area (Å²) in [6, 6.07) is 11.7. The second kappa shape index (κ2) is 5.62. The Labute approximate surface area is 120 Å². The van der Waals surface area contributed by atoms with Crippen LogP contribution in [0.2, 0.25) is 0 Å². The Morgan fingerprint density at radius 3 is 2.65 bits per heavy atom. The molecule has 0 saturated carbocycles. The van der Waals surface area contributed by atoms with E-state index in [1.165, 1.54) is 11.5 Å². The zero-order valence-corrected chi connectivity index (χ0v) is 11.6. The van der Waals surface area contributed by atoms with Crippen molar-refractivity contribution in [1.82, 2.24) is 19.3 Å². The molecule has 20 heavy (non-hydrogen) atoms. The van der Waals surface area contributed by atoms with E-state index < -0.39 is 0 Å². The van der Waals surface area contributed by atoms with Gasteiger partial charge in [0.05, 0.1) is 0 Å². The maximum atomic E-state index is 4.43. The van der Waals surface area contributed by atoms with E-state index in [2.05, 4.69) is 30.0 Å². The fourth-order valence-corrected chi connectivity index (χ4v) is 2.26. The monoisotopic (exact) mass is 284 g/mol. The largest absolute Gasteiger partial charge is 0.373 e. The summed E-state index contributed by atoms with van der Waals surface area (Å²) >= 11 is 1.34. The van der Waals surface area contributed by atoms with Crippen molar-refractivity contribution in [2.45, 2.75) is 0 Å². The van der Waals surface area contributed by atoms with Crippen LogP contribution in [0.25, 0.3) is 10.6 Å². The number of anilines is 3. The van der Waals surface area contributed by atoms with Crippen LogP contribution in [0.3, 0.4) is 0 Å². The van der Waals surface area contributed by atoms with Crippen molar-refractivity contribution in [2.24, 2.45) is 0 Å². The molecular formula is C13H12N6S. The van der Waals surface area contributed by atoms with Gasteiger partial charge in [-0.25, -0.2) is 4.98 Å². The number of rotatable bonds is 4. The highest BCUT2D eigenvalue weighted by molar-refractivity contribution is 7.09. The highest BCUT2D eigenvalue weighted by Gasteiger charge is 2.07. The van der Waals surface area contributed by atoms with Crippen LogP contribution in [0.15, 0.2) is 42.6 Å². The molecule has 0 fully saturated rings. The number of hydrogen-bond donors (Lipinski definition) is 2. The molecular weight excluding hydrogens is 272 g/mol. The molecule has 0 spiro atoms. The first-order chi connectivity index (χ1) is 9.85. The third-order valence-corrected chi connectivity index (χ3v) is 3.35. The van der Waals surface area contributed by atoms with Crippen LogP contribution in [0.4, 0.5) is 17.7 Å². The summed E-state index contributed by atoms with van der Waals surface area (Å²) in [6.07, 6.45) is 1.67. The molecule has 3 aromatic rings. The highest BCUT2D eigenvalue weighted by Crippen LogP contribution is 2.23. The smallest absolute Gasteiger partial charge is 0.241 e. The van der Waals surface area contributed by atoms with Crippen LogP contribution in [0.1, 0.15) is 0 Å². The van der Waals surface area contributed by atoms with Gasteiger partial charge in [0, 0.05) is 18.8 Å². The maximum absolute atomic E-state index is 4.43. The Morgan fingerprint density at radius 2 is 1.85 bits per heavy atom. The number of nitrogens with zero attached hydrogens (tertiary/aromatic N) is 4. The van der Waals surface area contributed by atoms with Crippen molar-refractivity contribution < 1.29 is 0 Å². The average Bonchev–Trinajstić information content (AvgIpc) is 2.97. The maximum Gasteiger partial charge on any atom is 0.241 e. The van der Waals surface area contributed by atoms with Gasteiger partial charge in [0.25, 0.3) is 0 Å².